The molecule has 0 unspecified atom stereocenters. The number of hydrogen-bond donors (Lipinski definition) is 1. The largest absolute Gasteiger partial charge is 0.325 e. The summed E-state index contributed by atoms with van der Waals surface area (Å²) < 4.78 is 1.09. The molecule has 0 aliphatic rings. The van der Waals surface area contributed by atoms with Crippen LogP contribution < -0.4 is 5.73 Å². The predicted octanol–water partition coefficient (Wildman–Crippen LogP) is 3.45. The van der Waals surface area contributed by atoms with Crippen LogP contribution in [0.3, 0.4) is 0 Å². The maximum absolute atomic E-state index is 5.65. The number of rotatable bonds is 3. The summed E-state index contributed by atoms with van der Waals surface area (Å²) in [5.41, 5.74) is 6.59. The van der Waals surface area contributed by atoms with E-state index in [1.54, 1.807) is 18.0 Å². The molecule has 82 valence electrons. The van der Waals surface area contributed by atoms with Gasteiger partial charge in [-0.25, -0.2) is 0 Å². The van der Waals surface area contributed by atoms with Gasteiger partial charge in [-0.3, -0.25) is 4.98 Å². The van der Waals surface area contributed by atoms with Crippen LogP contribution in [-0.4, -0.2) is 4.98 Å². The Hall–Kier alpha value is -0.840. The Morgan fingerprint density at radius 2 is 1.88 bits per heavy atom. The van der Waals surface area contributed by atoms with Crippen LogP contribution >= 0.6 is 27.7 Å². The molecule has 0 saturated heterocycles. The maximum Gasteiger partial charge on any atom is 0.0678 e. The summed E-state index contributed by atoms with van der Waals surface area (Å²) in [5, 5.41) is 0. The second kappa shape index (κ2) is 5.48. The van der Waals surface area contributed by atoms with E-state index in [2.05, 4.69) is 27.0 Å². The van der Waals surface area contributed by atoms with Crippen molar-refractivity contribution in [3.05, 3.63) is 52.8 Å². The second-order valence-corrected chi connectivity index (χ2v) is 5.12. The van der Waals surface area contributed by atoms with Gasteiger partial charge in [0.1, 0.15) is 0 Å². The van der Waals surface area contributed by atoms with Crippen LogP contribution in [0.4, 0.5) is 0 Å². The Labute approximate surface area is 107 Å². The summed E-state index contributed by atoms with van der Waals surface area (Å²) in [5.74, 6) is 0. The molecular weight excluding hydrogens is 284 g/mol. The van der Waals surface area contributed by atoms with Crippen molar-refractivity contribution >= 4 is 27.7 Å². The Kier molecular flexibility index (Phi) is 3.98. The summed E-state index contributed by atoms with van der Waals surface area (Å²) in [7, 11) is 0. The number of aromatic nitrogens is 1. The molecule has 0 radical (unpaired) electrons. The van der Waals surface area contributed by atoms with E-state index in [0.29, 0.717) is 6.54 Å². The van der Waals surface area contributed by atoms with Crippen molar-refractivity contribution in [1.82, 2.24) is 4.98 Å². The van der Waals surface area contributed by atoms with E-state index in [1.165, 1.54) is 4.90 Å². The van der Waals surface area contributed by atoms with Gasteiger partial charge in [0.2, 0.25) is 0 Å². The molecule has 0 aliphatic heterocycles. The van der Waals surface area contributed by atoms with Gasteiger partial charge in [-0.1, -0.05) is 23.9 Å². The molecular formula is C12H11BrN2S. The Morgan fingerprint density at radius 1 is 1.12 bits per heavy atom. The number of pyridine rings is 1. The van der Waals surface area contributed by atoms with Crippen molar-refractivity contribution in [2.24, 2.45) is 5.73 Å². The van der Waals surface area contributed by atoms with Crippen molar-refractivity contribution in [2.45, 2.75) is 16.3 Å². The molecule has 16 heavy (non-hydrogen) atoms. The summed E-state index contributed by atoms with van der Waals surface area (Å²) in [4.78, 5) is 6.54. The first-order valence-electron chi connectivity index (χ1n) is 4.87. The Morgan fingerprint density at radius 3 is 2.62 bits per heavy atom. The molecule has 0 spiro atoms. The lowest BCUT2D eigenvalue weighted by Crippen LogP contribution is -2.00. The fourth-order valence-electron chi connectivity index (χ4n) is 1.32. The molecule has 0 atom stereocenters. The lowest BCUT2D eigenvalue weighted by atomic mass is 10.3. The highest BCUT2D eigenvalue weighted by atomic mass is 79.9. The topological polar surface area (TPSA) is 38.9 Å². The zero-order valence-electron chi connectivity index (χ0n) is 8.56. The molecule has 1 heterocycles. The second-order valence-electron chi connectivity index (χ2n) is 3.18. The van der Waals surface area contributed by atoms with Crippen molar-refractivity contribution in [3.63, 3.8) is 0 Å². The van der Waals surface area contributed by atoms with Gasteiger partial charge in [0.25, 0.3) is 0 Å². The predicted molar refractivity (Wildman–Crippen MR) is 70.4 cm³/mol. The monoisotopic (exact) mass is 294 g/mol. The van der Waals surface area contributed by atoms with Gasteiger partial charge < -0.3 is 5.73 Å². The fourth-order valence-corrected chi connectivity index (χ4v) is 2.79. The molecule has 0 saturated carbocycles. The van der Waals surface area contributed by atoms with Gasteiger partial charge in [0, 0.05) is 27.0 Å². The minimum absolute atomic E-state index is 0.466. The van der Waals surface area contributed by atoms with Crippen LogP contribution in [-0.2, 0) is 6.54 Å². The molecule has 2 aromatic rings. The van der Waals surface area contributed by atoms with E-state index >= 15 is 0 Å². The van der Waals surface area contributed by atoms with E-state index in [0.717, 1.165) is 15.1 Å². The van der Waals surface area contributed by atoms with Gasteiger partial charge in [-0.05, 0) is 40.2 Å². The van der Waals surface area contributed by atoms with Crippen LogP contribution in [0, 0.1) is 0 Å². The molecule has 4 heteroatoms. The fraction of sp³-hybridized carbons (Fsp3) is 0.0833. The molecule has 0 bridgehead atoms. The molecule has 2 nitrogen and oxygen atoms in total. The van der Waals surface area contributed by atoms with Crippen LogP contribution in [0.1, 0.15) is 5.69 Å². The van der Waals surface area contributed by atoms with Gasteiger partial charge in [-0.2, -0.15) is 0 Å². The van der Waals surface area contributed by atoms with Crippen LogP contribution in [0.5, 0.6) is 0 Å². The van der Waals surface area contributed by atoms with Gasteiger partial charge >= 0.3 is 0 Å². The van der Waals surface area contributed by atoms with E-state index in [-0.39, 0.29) is 0 Å². The first-order valence-corrected chi connectivity index (χ1v) is 6.48. The van der Waals surface area contributed by atoms with Gasteiger partial charge in [0.15, 0.2) is 0 Å². The van der Waals surface area contributed by atoms with Crippen molar-refractivity contribution in [2.75, 3.05) is 0 Å². The average molecular weight is 295 g/mol. The highest BCUT2D eigenvalue weighted by Crippen LogP contribution is 2.34. The van der Waals surface area contributed by atoms with E-state index in [9.17, 15) is 0 Å². The third-order valence-electron chi connectivity index (χ3n) is 2.10. The molecule has 2 N–H and O–H groups in total. The van der Waals surface area contributed by atoms with Crippen LogP contribution in [0.2, 0.25) is 0 Å². The zero-order chi connectivity index (χ0) is 11.4. The zero-order valence-corrected chi connectivity index (χ0v) is 11.0. The Bertz CT molecular complexity index is 488. The molecule has 1 aromatic heterocycles. The number of nitrogens with two attached hydrogens (primary N) is 1. The summed E-state index contributed by atoms with van der Waals surface area (Å²) >= 11 is 5.20. The highest BCUT2D eigenvalue weighted by molar-refractivity contribution is 9.10. The van der Waals surface area contributed by atoms with Crippen molar-refractivity contribution in [1.29, 1.82) is 0 Å². The number of halogens is 1. The minimum atomic E-state index is 0.466. The number of nitrogens with zero attached hydrogens (tertiary/aromatic N) is 1. The molecule has 0 amide bonds. The summed E-state index contributed by atoms with van der Waals surface area (Å²) in [6.45, 7) is 0.466. The summed E-state index contributed by atoms with van der Waals surface area (Å²) in [6.07, 6.45) is 1.77. The quantitative estimate of drug-likeness (QED) is 0.942. The number of benzene rings is 1. The lowest BCUT2D eigenvalue weighted by Gasteiger charge is -2.07. The average Bonchev–Trinajstić information content (AvgIpc) is 2.33. The Balaban J connectivity index is 2.30. The molecule has 0 aliphatic carbocycles. The first kappa shape index (κ1) is 11.6. The van der Waals surface area contributed by atoms with Crippen LogP contribution in [0.25, 0.3) is 0 Å². The minimum Gasteiger partial charge on any atom is -0.325 e. The van der Waals surface area contributed by atoms with Gasteiger partial charge in [0.05, 0.1) is 5.69 Å². The standard InChI is InChI=1S/C12H11BrN2S/c13-9-4-1-2-5-11(9)16-12-6-3-7-15-10(12)8-14/h1-7H,8,14H2. The highest BCUT2D eigenvalue weighted by Gasteiger charge is 2.05. The smallest absolute Gasteiger partial charge is 0.0678 e. The van der Waals surface area contributed by atoms with E-state index < -0.39 is 0 Å². The van der Waals surface area contributed by atoms with E-state index in [4.69, 9.17) is 5.73 Å². The van der Waals surface area contributed by atoms with Crippen molar-refractivity contribution < 1.29 is 0 Å². The first-order chi connectivity index (χ1) is 7.81. The van der Waals surface area contributed by atoms with E-state index in [1.807, 2.05) is 30.3 Å². The molecule has 1 aromatic carbocycles. The maximum atomic E-state index is 5.65. The molecule has 0 fully saturated rings. The van der Waals surface area contributed by atoms with Crippen molar-refractivity contribution in [3.8, 4) is 0 Å². The SMILES string of the molecule is NCc1ncccc1Sc1ccccc1Br. The summed E-state index contributed by atoms with van der Waals surface area (Å²) in [6, 6.07) is 12.1. The lowest BCUT2D eigenvalue weighted by molar-refractivity contribution is 0.943. The third-order valence-corrected chi connectivity index (χ3v) is 4.22. The third kappa shape index (κ3) is 2.64. The number of hydrogen-bond acceptors (Lipinski definition) is 3. The van der Waals surface area contributed by atoms with Crippen LogP contribution in [0.15, 0.2) is 56.9 Å². The normalized spacial score (nSPS) is 10.4. The van der Waals surface area contributed by atoms with Gasteiger partial charge in [-0.15, -0.1) is 0 Å². The molecule has 2 rings (SSSR count).